The number of para-hydroxylation sites is 1. The predicted molar refractivity (Wildman–Crippen MR) is 148 cm³/mol. The number of anilines is 2. The number of hydrogen-bond acceptors (Lipinski definition) is 15. The van der Waals surface area contributed by atoms with Crippen LogP contribution in [0.15, 0.2) is 51.9 Å². The lowest BCUT2D eigenvalue weighted by molar-refractivity contribution is -0.135. The van der Waals surface area contributed by atoms with Gasteiger partial charge in [-0.1, -0.05) is 23.4 Å². The molecule has 0 spiro atoms. The number of carboxylic acid groups (broad SMARTS) is 1. The first-order valence-corrected chi connectivity index (χ1v) is 13.9. The summed E-state index contributed by atoms with van der Waals surface area (Å²) in [5.41, 5.74) is 13.1. The molecular formula is C22H26FN11O4S2. The normalized spacial score (nSPS) is 22.7. The largest absolute Gasteiger partial charge is 0.477 e. The number of aliphatic carboxylic acids is 1. The molecule has 1 aromatic heterocycles. The number of nitrogens with one attached hydrogen (secondary N) is 4. The number of thioether (sulfide) groups is 1. The van der Waals surface area contributed by atoms with E-state index in [4.69, 9.17) is 5.73 Å². The molecule has 0 bridgehead atoms. The zero-order valence-electron chi connectivity index (χ0n) is 20.9. The van der Waals surface area contributed by atoms with Crippen molar-refractivity contribution in [2.75, 3.05) is 43.4 Å². The summed E-state index contributed by atoms with van der Waals surface area (Å²) in [6.45, 7) is 0.328. The third-order valence-corrected chi connectivity index (χ3v) is 8.05. The van der Waals surface area contributed by atoms with Crippen molar-refractivity contribution >= 4 is 57.9 Å². The van der Waals surface area contributed by atoms with Crippen LogP contribution in [-0.4, -0.2) is 98.1 Å². The number of halogens is 1. The third-order valence-electron chi connectivity index (χ3n) is 6.10. The molecule has 1 aromatic carbocycles. The average Bonchev–Trinajstić information content (AvgIpc) is 3.58. The summed E-state index contributed by atoms with van der Waals surface area (Å²) in [6, 6.07) is 9.21. The summed E-state index contributed by atoms with van der Waals surface area (Å²) in [5.74, 6) is -1.49. The van der Waals surface area contributed by atoms with E-state index >= 15 is 0 Å². The summed E-state index contributed by atoms with van der Waals surface area (Å²) in [7, 11) is 0. The van der Waals surface area contributed by atoms with Crippen molar-refractivity contribution in [1.29, 1.82) is 0 Å². The van der Waals surface area contributed by atoms with Crippen LogP contribution in [0.25, 0.3) is 0 Å². The lowest BCUT2D eigenvalue weighted by Gasteiger charge is -2.51. The van der Waals surface area contributed by atoms with Gasteiger partial charge in [-0.25, -0.2) is 9.18 Å². The highest BCUT2D eigenvalue weighted by molar-refractivity contribution is 8.00. The molecule has 2 saturated heterocycles. The molecule has 212 valence electrons. The number of hydrazine groups is 1. The first-order chi connectivity index (χ1) is 19.4. The van der Waals surface area contributed by atoms with Crippen LogP contribution in [0.4, 0.5) is 15.2 Å². The van der Waals surface area contributed by atoms with Gasteiger partial charge in [0.2, 0.25) is 11.5 Å². The minimum atomic E-state index is -1.24. The Balaban J connectivity index is 1.23. The van der Waals surface area contributed by atoms with Gasteiger partial charge in [0.05, 0.1) is 24.2 Å². The molecular weight excluding hydrogens is 565 g/mol. The Morgan fingerprint density at radius 1 is 1.35 bits per heavy atom. The van der Waals surface area contributed by atoms with E-state index in [2.05, 4.69) is 45.9 Å². The number of nitrogens with zero attached hydrogens (tertiary/aromatic N) is 6. The van der Waals surface area contributed by atoms with Crippen molar-refractivity contribution in [3.63, 3.8) is 0 Å². The summed E-state index contributed by atoms with van der Waals surface area (Å²) >= 11 is 2.32. The second kappa shape index (κ2) is 12.5. The van der Waals surface area contributed by atoms with Crippen molar-refractivity contribution in [2.24, 2.45) is 10.3 Å². The molecule has 0 saturated carbocycles. The molecule has 3 atom stereocenters. The van der Waals surface area contributed by atoms with E-state index < -0.39 is 24.8 Å². The average molecular weight is 592 g/mol. The molecule has 2 aromatic rings. The van der Waals surface area contributed by atoms with Crippen molar-refractivity contribution in [2.45, 2.75) is 17.7 Å². The number of hydrogen-bond donors (Lipinski definition) is 6. The number of nitrogens with two attached hydrogens (primary N) is 1. The lowest BCUT2D eigenvalue weighted by atomic mass is 10.0. The zero-order valence-corrected chi connectivity index (χ0v) is 22.5. The van der Waals surface area contributed by atoms with Gasteiger partial charge in [0.25, 0.3) is 12.8 Å². The molecule has 40 heavy (non-hydrogen) atoms. The number of benzene rings is 1. The number of nitrogen functional groups attached to an aromatic ring is 1. The minimum Gasteiger partial charge on any atom is -0.477 e. The SMILES string of the molecule is Nc1nc(/C(=N\OCF)C(=O)NC2CN3C(C(=O)O)=C(/C=N/N4CCNC4NNc4ccccc4)CSC23)ns1. The Morgan fingerprint density at radius 3 is 2.90 bits per heavy atom. The molecule has 3 aliphatic rings. The van der Waals surface area contributed by atoms with Crippen molar-refractivity contribution < 1.29 is 23.9 Å². The van der Waals surface area contributed by atoms with Gasteiger partial charge in [-0.15, -0.1) is 11.8 Å². The fourth-order valence-electron chi connectivity index (χ4n) is 4.27. The Kier molecular flexibility index (Phi) is 8.58. The van der Waals surface area contributed by atoms with Crippen molar-refractivity contribution in [1.82, 2.24) is 35.3 Å². The van der Waals surface area contributed by atoms with E-state index in [1.54, 1.807) is 16.1 Å². The number of oxime groups is 1. The second-order valence-corrected chi connectivity index (χ2v) is 10.5. The number of carbonyl (C=O) groups excluding carboxylic acids is 1. The lowest BCUT2D eigenvalue weighted by Crippen LogP contribution is -2.67. The quantitative estimate of drug-likeness (QED) is 0.148. The molecule has 4 heterocycles. The van der Waals surface area contributed by atoms with Gasteiger partial charge in [0.15, 0.2) is 11.4 Å². The first kappa shape index (κ1) is 27.6. The standard InChI is InChI=1S/C22H26FN11O4S2/c23-11-38-31-15(17-28-21(24)40-32-17)18(35)27-14-9-33-16(20(36)37)12(10-39-19(14)33)8-26-34-7-6-25-22(34)30-29-13-4-2-1-3-5-13/h1-5,8,14,19,22,25,29-30H,6-7,9-11H2,(H,27,35)(H,36,37)(H2,24,28,32)/b26-8+,31-15+. The molecule has 18 heteroatoms. The monoisotopic (exact) mass is 591 g/mol. The summed E-state index contributed by atoms with van der Waals surface area (Å²) in [4.78, 5) is 35.1. The van der Waals surface area contributed by atoms with Crippen LogP contribution in [0.3, 0.4) is 0 Å². The van der Waals surface area contributed by atoms with Crippen LogP contribution >= 0.6 is 23.3 Å². The Morgan fingerprint density at radius 2 is 2.17 bits per heavy atom. The fourth-order valence-corrected chi connectivity index (χ4v) is 6.03. The van der Waals surface area contributed by atoms with Gasteiger partial charge < -0.3 is 31.3 Å². The number of carbonyl (C=O) groups is 2. The molecule has 7 N–H and O–H groups in total. The Labute approximate surface area is 235 Å². The molecule has 15 nitrogen and oxygen atoms in total. The van der Waals surface area contributed by atoms with Crippen molar-refractivity contribution in [3.05, 3.63) is 47.4 Å². The first-order valence-electron chi connectivity index (χ1n) is 12.1. The van der Waals surface area contributed by atoms with Crippen molar-refractivity contribution in [3.8, 4) is 0 Å². The fraction of sp³-hybridized carbons (Fsp3) is 0.364. The number of fused-ring (bicyclic) bond motifs is 1. The highest BCUT2D eigenvalue weighted by atomic mass is 32.2. The van der Waals surface area contributed by atoms with E-state index in [-0.39, 0.29) is 40.6 Å². The zero-order chi connectivity index (χ0) is 28.1. The van der Waals surface area contributed by atoms with E-state index in [0.717, 1.165) is 17.2 Å². The number of carboxylic acids is 1. The van der Waals surface area contributed by atoms with Crippen LogP contribution in [-0.2, 0) is 14.4 Å². The third kappa shape index (κ3) is 6.09. The van der Waals surface area contributed by atoms with Gasteiger partial charge in [-0.3, -0.25) is 15.1 Å². The number of hydrazone groups is 1. The van der Waals surface area contributed by atoms with E-state index in [9.17, 15) is 19.1 Å². The van der Waals surface area contributed by atoms with E-state index in [1.165, 1.54) is 11.8 Å². The Bertz CT molecular complexity index is 1320. The number of amides is 1. The molecule has 3 aliphatic heterocycles. The number of rotatable bonds is 11. The van der Waals surface area contributed by atoms with E-state index in [0.29, 0.717) is 24.4 Å². The molecule has 5 rings (SSSR count). The van der Waals surface area contributed by atoms with Crippen LogP contribution in [0.1, 0.15) is 5.82 Å². The van der Waals surface area contributed by atoms with Crippen LogP contribution in [0.2, 0.25) is 0 Å². The predicted octanol–water partition coefficient (Wildman–Crippen LogP) is -0.229. The van der Waals surface area contributed by atoms with E-state index in [1.807, 2.05) is 30.3 Å². The molecule has 2 fully saturated rings. The van der Waals surface area contributed by atoms with Crippen LogP contribution < -0.4 is 27.2 Å². The van der Waals surface area contributed by atoms with Gasteiger partial charge in [0.1, 0.15) is 5.70 Å². The highest BCUT2D eigenvalue weighted by Crippen LogP contribution is 2.39. The maximum Gasteiger partial charge on any atom is 0.352 e. The minimum absolute atomic E-state index is 0.0892. The maximum atomic E-state index is 12.9. The second-order valence-electron chi connectivity index (χ2n) is 8.65. The van der Waals surface area contributed by atoms with Gasteiger partial charge in [-0.2, -0.15) is 19.9 Å². The highest BCUT2D eigenvalue weighted by Gasteiger charge is 2.47. The Hall–Kier alpha value is -4.00. The van der Waals surface area contributed by atoms with Gasteiger partial charge in [-0.05, 0) is 12.1 Å². The van der Waals surface area contributed by atoms with Crippen LogP contribution in [0, 0.1) is 0 Å². The summed E-state index contributed by atoms with van der Waals surface area (Å²) in [5, 5.41) is 25.6. The van der Waals surface area contributed by atoms with Gasteiger partial charge in [0, 0.05) is 41.6 Å². The maximum absolute atomic E-state index is 12.9. The number of aromatic nitrogens is 2. The topological polar surface area (TPSA) is 195 Å². The molecule has 0 radical (unpaired) electrons. The summed E-state index contributed by atoms with van der Waals surface area (Å²) < 4.78 is 16.5. The molecule has 0 aliphatic carbocycles. The molecule has 1 amide bonds. The smallest absolute Gasteiger partial charge is 0.352 e. The van der Waals surface area contributed by atoms with Crippen LogP contribution in [0.5, 0.6) is 0 Å². The molecule has 3 unspecified atom stereocenters. The summed E-state index contributed by atoms with van der Waals surface area (Å²) in [6.07, 6.45) is 1.28. The van der Waals surface area contributed by atoms with Gasteiger partial charge >= 0.3 is 5.97 Å². The number of alkyl halides is 1.